The fraction of sp³-hybridized carbons (Fsp3) is 0.370. The topological polar surface area (TPSA) is 68.8 Å². The third-order valence-corrected chi connectivity index (χ3v) is 6.77. The zero-order valence-corrected chi connectivity index (χ0v) is 19.4. The van der Waals surface area contributed by atoms with E-state index in [1.807, 2.05) is 41.4 Å². The molecule has 34 heavy (non-hydrogen) atoms. The van der Waals surface area contributed by atoms with E-state index in [9.17, 15) is 9.59 Å². The minimum absolute atomic E-state index is 0.0849. The van der Waals surface area contributed by atoms with Crippen LogP contribution in [0.4, 0.5) is 11.5 Å². The molecule has 1 N–H and O–H groups in total. The molecule has 3 heterocycles. The second-order valence-corrected chi connectivity index (χ2v) is 8.97. The molecule has 2 aliphatic rings. The molecule has 0 atom stereocenters. The molecule has 0 saturated carbocycles. The van der Waals surface area contributed by atoms with Crippen molar-refractivity contribution in [2.24, 2.45) is 0 Å². The van der Waals surface area contributed by atoms with Crippen LogP contribution in [0.3, 0.4) is 0 Å². The number of fused-ring (bicyclic) bond motifs is 1. The van der Waals surface area contributed by atoms with Crippen molar-refractivity contribution in [1.82, 2.24) is 15.2 Å². The highest BCUT2D eigenvalue weighted by Gasteiger charge is 2.21. The number of para-hydroxylation sites is 1. The van der Waals surface area contributed by atoms with Gasteiger partial charge in [0.1, 0.15) is 5.82 Å². The molecule has 2 amide bonds. The van der Waals surface area contributed by atoms with Crippen molar-refractivity contribution >= 4 is 34.1 Å². The van der Waals surface area contributed by atoms with Gasteiger partial charge in [-0.3, -0.25) is 9.59 Å². The van der Waals surface area contributed by atoms with Crippen molar-refractivity contribution in [2.45, 2.75) is 19.3 Å². The summed E-state index contributed by atoms with van der Waals surface area (Å²) in [6.07, 6.45) is 4.21. The van der Waals surface area contributed by atoms with Crippen LogP contribution in [-0.4, -0.2) is 67.5 Å². The lowest BCUT2D eigenvalue weighted by Gasteiger charge is -2.37. The number of benzene rings is 2. The number of piperazine rings is 1. The second kappa shape index (κ2) is 10.1. The zero-order chi connectivity index (χ0) is 23.3. The van der Waals surface area contributed by atoms with E-state index in [0.29, 0.717) is 25.1 Å². The molecule has 1 aromatic heterocycles. The normalized spacial score (nSPS) is 16.4. The number of rotatable bonds is 7. The molecule has 3 aromatic rings. The summed E-state index contributed by atoms with van der Waals surface area (Å²) in [6, 6.07) is 18.3. The van der Waals surface area contributed by atoms with Gasteiger partial charge in [-0.25, -0.2) is 4.98 Å². The highest BCUT2D eigenvalue weighted by Crippen LogP contribution is 2.27. The van der Waals surface area contributed by atoms with Crippen molar-refractivity contribution in [3.63, 3.8) is 0 Å². The fourth-order valence-electron chi connectivity index (χ4n) is 4.88. The number of nitrogens with one attached hydrogen (secondary N) is 1. The number of hydrogen-bond donors (Lipinski definition) is 1. The number of aromatic nitrogens is 1. The summed E-state index contributed by atoms with van der Waals surface area (Å²) in [6.45, 7) is 5.73. The maximum absolute atomic E-state index is 12.8. The number of hydrogen-bond acceptors (Lipinski definition) is 5. The minimum atomic E-state index is -0.0849. The maximum atomic E-state index is 12.8. The van der Waals surface area contributed by atoms with E-state index in [1.165, 1.54) is 5.69 Å². The number of amides is 2. The number of anilines is 2. The van der Waals surface area contributed by atoms with Crippen molar-refractivity contribution < 1.29 is 9.59 Å². The summed E-state index contributed by atoms with van der Waals surface area (Å²) < 4.78 is 0. The Labute approximate surface area is 200 Å². The van der Waals surface area contributed by atoms with E-state index in [4.69, 9.17) is 4.98 Å². The predicted molar refractivity (Wildman–Crippen MR) is 135 cm³/mol. The Morgan fingerprint density at radius 3 is 2.50 bits per heavy atom. The molecule has 5 rings (SSSR count). The molecule has 0 bridgehead atoms. The summed E-state index contributed by atoms with van der Waals surface area (Å²) in [5.74, 6) is 1.08. The largest absolute Gasteiger partial charge is 0.368 e. The van der Waals surface area contributed by atoms with Crippen LogP contribution in [0.2, 0.25) is 0 Å². The first kappa shape index (κ1) is 22.2. The van der Waals surface area contributed by atoms with Gasteiger partial charge >= 0.3 is 0 Å². The van der Waals surface area contributed by atoms with Crippen LogP contribution in [0.25, 0.3) is 10.8 Å². The standard InChI is InChI=1S/C27H31N5O2/c33-25-8-4-14-31(25)15-5-12-29-27(34)22-10-9-21-11-13-28-26(24(21)20-22)32-18-16-30(17-19-32)23-6-2-1-3-7-23/h1-3,6-7,9-11,13,20H,4-5,8,12,14-19H2,(H,29,34). The number of pyridine rings is 1. The van der Waals surface area contributed by atoms with Crippen molar-refractivity contribution in [2.75, 3.05) is 55.6 Å². The van der Waals surface area contributed by atoms with Crippen molar-refractivity contribution in [3.05, 3.63) is 66.4 Å². The van der Waals surface area contributed by atoms with Crippen LogP contribution >= 0.6 is 0 Å². The Morgan fingerprint density at radius 1 is 0.941 bits per heavy atom. The average molecular weight is 458 g/mol. The van der Waals surface area contributed by atoms with E-state index in [1.54, 1.807) is 0 Å². The molecule has 0 aliphatic carbocycles. The second-order valence-electron chi connectivity index (χ2n) is 8.97. The molecule has 0 radical (unpaired) electrons. The summed E-state index contributed by atoms with van der Waals surface area (Å²) in [7, 11) is 0. The highest BCUT2D eigenvalue weighted by molar-refractivity contribution is 6.01. The quantitative estimate of drug-likeness (QED) is 0.552. The summed E-state index contributed by atoms with van der Waals surface area (Å²) >= 11 is 0. The molecular weight excluding hydrogens is 426 g/mol. The first-order chi connectivity index (χ1) is 16.7. The van der Waals surface area contributed by atoms with Crippen LogP contribution in [0, 0.1) is 0 Å². The average Bonchev–Trinajstić information content (AvgIpc) is 3.31. The van der Waals surface area contributed by atoms with Gasteiger partial charge in [-0.1, -0.05) is 24.3 Å². The van der Waals surface area contributed by atoms with Crippen LogP contribution in [0.5, 0.6) is 0 Å². The molecule has 176 valence electrons. The molecule has 2 aliphatic heterocycles. The Bertz CT molecular complexity index is 1160. The van der Waals surface area contributed by atoms with Crippen molar-refractivity contribution in [3.8, 4) is 0 Å². The Balaban J connectivity index is 1.23. The van der Waals surface area contributed by atoms with Crippen LogP contribution < -0.4 is 15.1 Å². The molecule has 7 nitrogen and oxygen atoms in total. The first-order valence-electron chi connectivity index (χ1n) is 12.2. The Morgan fingerprint density at radius 2 is 1.74 bits per heavy atom. The highest BCUT2D eigenvalue weighted by atomic mass is 16.2. The van der Waals surface area contributed by atoms with Gasteiger partial charge in [-0.2, -0.15) is 0 Å². The third-order valence-electron chi connectivity index (χ3n) is 6.77. The molecule has 2 fully saturated rings. The van der Waals surface area contributed by atoms with Crippen LogP contribution in [0.1, 0.15) is 29.6 Å². The van der Waals surface area contributed by atoms with Gasteiger partial charge in [0.25, 0.3) is 5.91 Å². The van der Waals surface area contributed by atoms with E-state index in [-0.39, 0.29) is 11.8 Å². The van der Waals surface area contributed by atoms with E-state index < -0.39 is 0 Å². The van der Waals surface area contributed by atoms with Gasteiger partial charge in [-0.05, 0) is 48.6 Å². The summed E-state index contributed by atoms with van der Waals surface area (Å²) in [5, 5.41) is 5.10. The molecule has 0 unspecified atom stereocenters. The lowest BCUT2D eigenvalue weighted by Crippen LogP contribution is -2.46. The van der Waals surface area contributed by atoms with Gasteiger partial charge in [0.15, 0.2) is 0 Å². The number of carbonyl (C=O) groups is 2. The van der Waals surface area contributed by atoms with E-state index in [0.717, 1.165) is 62.2 Å². The Hall–Kier alpha value is -3.61. The minimum Gasteiger partial charge on any atom is -0.368 e. The van der Waals surface area contributed by atoms with E-state index in [2.05, 4.69) is 39.4 Å². The fourth-order valence-corrected chi connectivity index (χ4v) is 4.88. The van der Waals surface area contributed by atoms with Crippen molar-refractivity contribution in [1.29, 1.82) is 0 Å². The van der Waals surface area contributed by atoms with Gasteiger partial charge in [0.05, 0.1) is 0 Å². The monoisotopic (exact) mass is 457 g/mol. The molecular formula is C27H31N5O2. The SMILES string of the molecule is O=C(NCCCN1CCCC1=O)c1ccc2ccnc(N3CCN(c4ccccc4)CC3)c2c1. The number of carbonyl (C=O) groups excluding carboxylic acids is 2. The van der Waals surface area contributed by atoms with Gasteiger partial charge < -0.3 is 20.0 Å². The third kappa shape index (κ3) is 4.83. The molecule has 2 saturated heterocycles. The predicted octanol–water partition coefficient (Wildman–Crippen LogP) is 3.30. The maximum Gasteiger partial charge on any atom is 0.251 e. The number of nitrogens with zero attached hydrogens (tertiary/aromatic N) is 4. The van der Waals surface area contributed by atoms with Crippen LogP contribution in [-0.2, 0) is 4.79 Å². The smallest absolute Gasteiger partial charge is 0.251 e. The van der Waals surface area contributed by atoms with Crippen LogP contribution in [0.15, 0.2) is 60.8 Å². The molecule has 0 spiro atoms. The summed E-state index contributed by atoms with van der Waals surface area (Å²) in [4.78, 5) is 35.8. The first-order valence-corrected chi connectivity index (χ1v) is 12.2. The number of likely N-dealkylation sites (tertiary alicyclic amines) is 1. The zero-order valence-electron chi connectivity index (χ0n) is 19.4. The van der Waals surface area contributed by atoms with Gasteiger partial charge in [-0.15, -0.1) is 0 Å². The summed E-state index contributed by atoms with van der Waals surface area (Å²) in [5.41, 5.74) is 1.89. The van der Waals surface area contributed by atoms with E-state index >= 15 is 0 Å². The molecule has 7 heteroatoms. The lowest BCUT2D eigenvalue weighted by atomic mass is 10.1. The van der Waals surface area contributed by atoms with Gasteiger partial charge in [0.2, 0.25) is 5.91 Å². The Kier molecular flexibility index (Phi) is 6.60. The lowest BCUT2D eigenvalue weighted by molar-refractivity contribution is -0.127. The van der Waals surface area contributed by atoms with Gasteiger partial charge in [0, 0.05) is 75.1 Å². The molecule has 2 aromatic carbocycles.